The molecule has 0 saturated carbocycles. The van der Waals surface area contributed by atoms with E-state index in [1.54, 1.807) is 57.2 Å². The van der Waals surface area contributed by atoms with Crippen molar-refractivity contribution in [2.24, 2.45) is 17.3 Å². The first-order chi connectivity index (χ1) is 16.8. The van der Waals surface area contributed by atoms with Crippen LogP contribution in [0.3, 0.4) is 0 Å². The number of carbonyl (C=O) groups excluding carboxylic acids is 1. The van der Waals surface area contributed by atoms with Gasteiger partial charge in [0, 0.05) is 11.8 Å². The number of hydrogen-bond acceptors (Lipinski definition) is 5. The monoisotopic (exact) mass is 549 g/mol. The van der Waals surface area contributed by atoms with Crippen molar-refractivity contribution >= 4 is 16.1 Å². The Balaban J connectivity index is 1.94. The first-order valence-corrected chi connectivity index (χ1v) is 12.9. The van der Waals surface area contributed by atoms with Crippen LogP contribution in [-0.2, 0) is 19.6 Å². The summed E-state index contributed by atoms with van der Waals surface area (Å²) in [5, 5.41) is 0. The van der Waals surface area contributed by atoms with Crippen LogP contribution in [-0.4, -0.2) is 42.6 Å². The maximum Gasteiger partial charge on any atom is 0.438 e. The molecule has 2 atom stereocenters. The summed E-state index contributed by atoms with van der Waals surface area (Å²) in [6, 6.07) is 13.7. The highest BCUT2D eigenvalue weighted by Crippen LogP contribution is 2.63. The van der Waals surface area contributed by atoms with Gasteiger partial charge in [-0.25, -0.2) is 8.42 Å². The van der Waals surface area contributed by atoms with E-state index in [9.17, 15) is 44.1 Å². The highest BCUT2D eigenvalue weighted by molar-refractivity contribution is 7.85. The molecule has 0 aliphatic heterocycles. The van der Waals surface area contributed by atoms with Crippen molar-refractivity contribution in [3.63, 3.8) is 0 Å². The minimum atomic E-state index is -6.43. The zero-order valence-corrected chi connectivity index (χ0v) is 20.7. The number of esters is 1. The Morgan fingerprint density at radius 2 is 1.19 bits per heavy atom. The van der Waals surface area contributed by atoms with E-state index in [0.717, 1.165) is 11.1 Å². The second kappa shape index (κ2) is 8.45. The van der Waals surface area contributed by atoms with Gasteiger partial charge in [-0.15, -0.1) is 0 Å². The van der Waals surface area contributed by atoms with Crippen molar-refractivity contribution in [1.29, 1.82) is 0 Å². The largest absolute Gasteiger partial charge is 0.748 e. The molecule has 5 rings (SSSR count). The first kappa shape index (κ1) is 27.4. The summed E-state index contributed by atoms with van der Waals surface area (Å²) >= 11 is 0. The number of hydrogen-bond donors (Lipinski definition) is 0. The Morgan fingerprint density at radius 1 is 0.811 bits per heavy atom. The molecule has 202 valence electrons. The third kappa shape index (κ3) is 4.41. The van der Waals surface area contributed by atoms with E-state index in [1.807, 2.05) is 12.1 Å². The van der Waals surface area contributed by atoms with Crippen LogP contribution in [0.2, 0.25) is 0 Å². The van der Waals surface area contributed by atoms with Gasteiger partial charge in [0.15, 0.2) is 0 Å². The molecule has 2 aromatic carbocycles. The lowest BCUT2D eigenvalue weighted by molar-refractivity contribution is -0.362. The average molecular weight is 550 g/mol. The van der Waals surface area contributed by atoms with E-state index in [-0.39, 0.29) is 0 Å². The Bertz CT molecular complexity index is 1260. The Morgan fingerprint density at radius 3 is 1.51 bits per heavy atom. The third-order valence-electron chi connectivity index (χ3n) is 7.28. The quantitative estimate of drug-likeness (QED) is 0.286. The van der Waals surface area contributed by atoms with Gasteiger partial charge in [0.2, 0.25) is 0 Å². The smallest absolute Gasteiger partial charge is 0.438 e. The van der Waals surface area contributed by atoms with Crippen molar-refractivity contribution in [2.45, 2.75) is 50.6 Å². The molecule has 0 fully saturated rings. The predicted molar refractivity (Wildman–Crippen MR) is 119 cm³/mol. The highest BCUT2D eigenvalue weighted by Gasteiger charge is 2.75. The van der Waals surface area contributed by atoms with Gasteiger partial charge in [-0.1, -0.05) is 69.3 Å². The van der Waals surface area contributed by atoms with Crippen molar-refractivity contribution in [2.75, 3.05) is 5.75 Å². The average Bonchev–Trinajstić information content (AvgIpc) is 2.75. The highest BCUT2D eigenvalue weighted by atomic mass is 32.2. The third-order valence-corrected chi connectivity index (χ3v) is 8.04. The number of benzene rings is 2. The summed E-state index contributed by atoms with van der Waals surface area (Å²) in [7, 11) is -6.14. The van der Waals surface area contributed by atoms with E-state index in [1.165, 1.54) is 0 Å². The molecule has 3 aliphatic carbocycles. The lowest BCUT2D eigenvalue weighted by atomic mass is 9.49. The van der Waals surface area contributed by atoms with Crippen LogP contribution in [0.15, 0.2) is 48.5 Å². The Labute approximate surface area is 209 Å². The van der Waals surface area contributed by atoms with E-state index in [4.69, 9.17) is 0 Å². The van der Waals surface area contributed by atoms with Crippen LogP contribution in [0.25, 0.3) is 0 Å². The fourth-order valence-corrected chi connectivity index (χ4v) is 6.84. The van der Waals surface area contributed by atoms with Crippen molar-refractivity contribution in [3.8, 4) is 0 Å². The molecule has 0 aromatic heterocycles. The molecule has 0 radical (unpaired) electrons. The molecular formula is C25H23F6O5S-. The maximum absolute atomic E-state index is 13.9. The fourth-order valence-electron chi connectivity index (χ4n) is 5.96. The van der Waals surface area contributed by atoms with Gasteiger partial charge in [-0.2, -0.15) is 26.3 Å². The van der Waals surface area contributed by atoms with E-state index < -0.39 is 68.9 Å². The van der Waals surface area contributed by atoms with Crippen LogP contribution >= 0.6 is 0 Å². The lowest BCUT2D eigenvalue weighted by Gasteiger charge is -2.54. The molecule has 12 heteroatoms. The molecule has 2 bridgehead atoms. The second-order valence-electron chi connectivity index (χ2n) is 10.6. The molecule has 2 unspecified atom stereocenters. The number of alkyl halides is 6. The second-order valence-corrected chi connectivity index (χ2v) is 12.0. The summed E-state index contributed by atoms with van der Waals surface area (Å²) in [5.41, 5.74) is -3.59. The van der Waals surface area contributed by atoms with Crippen molar-refractivity contribution in [1.82, 2.24) is 0 Å². The van der Waals surface area contributed by atoms with Gasteiger partial charge in [-0.05, 0) is 33.6 Å². The van der Waals surface area contributed by atoms with Gasteiger partial charge in [0.1, 0.15) is 0 Å². The molecule has 3 aliphatic rings. The van der Waals surface area contributed by atoms with Crippen molar-refractivity contribution in [3.05, 3.63) is 70.8 Å². The summed E-state index contributed by atoms with van der Waals surface area (Å²) < 4.78 is 121. The van der Waals surface area contributed by atoms with Gasteiger partial charge in [-0.3, -0.25) is 4.79 Å². The van der Waals surface area contributed by atoms with Gasteiger partial charge in [0.05, 0.1) is 21.8 Å². The molecule has 2 aromatic rings. The number of ether oxygens (including phenoxy) is 1. The van der Waals surface area contributed by atoms with Crippen molar-refractivity contribution < 1.29 is 48.8 Å². The van der Waals surface area contributed by atoms with E-state index >= 15 is 0 Å². The predicted octanol–water partition coefficient (Wildman–Crippen LogP) is 5.51. The molecule has 0 saturated heterocycles. The van der Waals surface area contributed by atoms with Gasteiger partial charge >= 0.3 is 23.9 Å². The Hall–Kier alpha value is -2.60. The minimum absolute atomic E-state index is 0.552. The number of halogens is 6. The molecule has 5 nitrogen and oxygen atoms in total. The SMILES string of the molecule is CC(C)(C)C1C2c3ccccc3C(c3ccccc32)C1C(=O)OC(CS(=O)(=O)[O-])(C(F)(F)F)C(F)(F)F. The summed E-state index contributed by atoms with van der Waals surface area (Å²) in [6.45, 7) is 5.15. The standard InChI is InChI=1S/C25H24F6O5S/c1-22(2,3)20-18-15-10-6-4-8-13(15)17(14-9-5-7-11-16(14)18)19(20)21(32)36-23(24(26,27)28,25(29,30)31)12-37(33,34)35/h4-11,17-20H,12H2,1-3H3,(H,33,34,35)/p-1. The topological polar surface area (TPSA) is 83.5 Å². The summed E-state index contributed by atoms with van der Waals surface area (Å²) in [6.07, 6.45) is -12.9. The zero-order chi connectivity index (χ0) is 27.8. The van der Waals surface area contributed by atoms with Crippen LogP contribution in [0.1, 0.15) is 54.9 Å². The molecule has 37 heavy (non-hydrogen) atoms. The van der Waals surface area contributed by atoms with Crippen LogP contribution in [0.5, 0.6) is 0 Å². The number of carbonyl (C=O) groups is 1. The molecule has 0 N–H and O–H groups in total. The minimum Gasteiger partial charge on any atom is -0.748 e. The normalized spacial score (nSPS) is 23.8. The zero-order valence-electron chi connectivity index (χ0n) is 19.9. The molecule has 0 heterocycles. The van der Waals surface area contributed by atoms with Gasteiger partial charge < -0.3 is 9.29 Å². The maximum atomic E-state index is 13.9. The summed E-state index contributed by atoms with van der Waals surface area (Å²) in [5.74, 6) is -8.71. The molecule has 0 spiro atoms. The van der Waals surface area contributed by atoms with Crippen LogP contribution in [0.4, 0.5) is 26.3 Å². The van der Waals surface area contributed by atoms with E-state index in [2.05, 4.69) is 4.74 Å². The molecular weight excluding hydrogens is 526 g/mol. The number of fused-ring (bicyclic) bond motifs is 1. The fraction of sp³-hybridized carbons (Fsp3) is 0.480. The van der Waals surface area contributed by atoms with Crippen LogP contribution in [0, 0.1) is 17.3 Å². The Kier molecular flexibility index (Phi) is 6.27. The lowest BCUT2D eigenvalue weighted by Crippen LogP contribution is -2.64. The number of rotatable bonds is 4. The first-order valence-electron chi connectivity index (χ1n) is 11.3. The van der Waals surface area contributed by atoms with Crippen LogP contribution < -0.4 is 0 Å². The summed E-state index contributed by atoms with van der Waals surface area (Å²) in [4.78, 5) is 13.5. The van der Waals surface area contributed by atoms with Gasteiger partial charge in [0.25, 0.3) is 0 Å². The van der Waals surface area contributed by atoms with E-state index in [0.29, 0.717) is 11.1 Å². The molecule has 0 amide bonds.